The van der Waals surface area contributed by atoms with Crippen molar-refractivity contribution in [1.82, 2.24) is 30.0 Å². The molecule has 0 fully saturated rings. The van der Waals surface area contributed by atoms with Crippen LogP contribution in [0.5, 0.6) is 11.5 Å². The van der Waals surface area contributed by atoms with Gasteiger partial charge in [-0.1, -0.05) is 34.7 Å². The van der Waals surface area contributed by atoms with Crippen molar-refractivity contribution >= 4 is 23.9 Å². The summed E-state index contributed by atoms with van der Waals surface area (Å²) in [5, 5.41) is 16.6. The molecule has 3 aromatic carbocycles. The number of benzene rings is 3. The second-order valence-electron chi connectivity index (χ2n) is 10.7. The van der Waals surface area contributed by atoms with E-state index in [-0.39, 0.29) is 47.0 Å². The monoisotopic (exact) mass is 684 g/mol. The zero-order chi connectivity index (χ0) is 35.6. The fraction of sp³-hybridized carbons (Fsp3) is 0.235. The summed E-state index contributed by atoms with van der Waals surface area (Å²) in [6.45, 7) is 1.00. The Hall–Kier alpha value is -6.58. The van der Waals surface area contributed by atoms with Gasteiger partial charge >= 0.3 is 23.9 Å². The first kappa shape index (κ1) is 34.7. The number of carbonyl (C=O) groups excluding carboxylic acids is 4. The van der Waals surface area contributed by atoms with Gasteiger partial charge in [-0.2, -0.15) is 0 Å². The van der Waals surface area contributed by atoms with Crippen molar-refractivity contribution in [1.29, 1.82) is 0 Å². The first-order valence-electron chi connectivity index (χ1n) is 14.9. The highest BCUT2D eigenvalue weighted by Gasteiger charge is 2.17. The summed E-state index contributed by atoms with van der Waals surface area (Å²) in [4.78, 5) is 48.2. The van der Waals surface area contributed by atoms with Gasteiger partial charge in [0.1, 0.15) is 36.1 Å². The second-order valence-corrected chi connectivity index (χ2v) is 10.7. The summed E-state index contributed by atoms with van der Waals surface area (Å²) in [5.41, 5.74) is 3.62. The van der Waals surface area contributed by atoms with E-state index in [0.717, 1.165) is 11.1 Å². The molecule has 5 rings (SSSR count). The zero-order valence-corrected chi connectivity index (χ0v) is 27.5. The molecule has 16 nitrogen and oxygen atoms in total. The van der Waals surface area contributed by atoms with Gasteiger partial charge in [0.05, 0.1) is 76.2 Å². The van der Waals surface area contributed by atoms with Crippen LogP contribution in [0.15, 0.2) is 73.1 Å². The molecule has 0 unspecified atom stereocenters. The molecule has 0 aliphatic carbocycles. The van der Waals surface area contributed by atoms with E-state index in [9.17, 15) is 19.2 Å². The summed E-state index contributed by atoms with van der Waals surface area (Å²) in [7, 11) is 4.98. The van der Waals surface area contributed by atoms with Crippen molar-refractivity contribution < 1.29 is 47.6 Å². The number of methoxy groups -OCH3 is 4. The van der Waals surface area contributed by atoms with Gasteiger partial charge in [-0.05, 0) is 47.5 Å². The van der Waals surface area contributed by atoms with Gasteiger partial charge in [-0.3, -0.25) is 0 Å². The lowest BCUT2D eigenvalue weighted by molar-refractivity contribution is 0.0580. The number of esters is 4. The molecule has 5 aromatic rings. The smallest absolute Gasteiger partial charge is 0.338 e. The van der Waals surface area contributed by atoms with Crippen LogP contribution in [-0.2, 0) is 45.3 Å². The molecule has 258 valence electrons. The van der Waals surface area contributed by atoms with Crippen LogP contribution in [0.1, 0.15) is 63.9 Å². The molecular weight excluding hydrogens is 652 g/mol. The Morgan fingerprint density at radius 2 is 0.840 bits per heavy atom. The first-order chi connectivity index (χ1) is 24.2. The molecule has 0 aliphatic heterocycles. The van der Waals surface area contributed by atoms with Gasteiger partial charge in [-0.15, -0.1) is 10.2 Å². The fourth-order valence-corrected chi connectivity index (χ4v) is 4.71. The van der Waals surface area contributed by atoms with E-state index in [0.29, 0.717) is 24.5 Å². The molecule has 0 N–H and O–H groups in total. The Balaban J connectivity index is 1.14. The summed E-state index contributed by atoms with van der Waals surface area (Å²) in [6, 6.07) is 16.5. The van der Waals surface area contributed by atoms with Crippen LogP contribution in [0.2, 0.25) is 0 Å². The predicted molar refractivity (Wildman–Crippen MR) is 172 cm³/mol. The Kier molecular flexibility index (Phi) is 11.1. The van der Waals surface area contributed by atoms with Crippen LogP contribution in [0, 0.1) is 0 Å². The SMILES string of the molecule is COC(=O)c1cc(OCc2cn(Cc3ccc(Cn4cc(COc5cc(C(=O)OC)cc(C(=O)OC)c5)nn4)cc3)nn2)cc(C(=O)OC)c1. The van der Waals surface area contributed by atoms with E-state index in [1.54, 1.807) is 21.8 Å². The van der Waals surface area contributed by atoms with Crippen LogP contribution >= 0.6 is 0 Å². The van der Waals surface area contributed by atoms with Crippen molar-refractivity contribution in [2.24, 2.45) is 0 Å². The Morgan fingerprint density at radius 1 is 0.520 bits per heavy atom. The quantitative estimate of drug-likeness (QED) is 0.123. The average molecular weight is 685 g/mol. The van der Waals surface area contributed by atoms with Gasteiger partial charge in [0.2, 0.25) is 0 Å². The van der Waals surface area contributed by atoms with Crippen molar-refractivity contribution in [3.05, 3.63) is 118 Å². The van der Waals surface area contributed by atoms with E-state index in [4.69, 9.17) is 28.4 Å². The number of hydrogen-bond donors (Lipinski definition) is 0. The van der Waals surface area contributed by atoms with Crippen LogP contribution < -0.4 is 9.47 Å². The minimum Gasteiger partial charge on any atom is -0.487 e. The maximum absolute atomic E-state index is 12.0. The van der Waals surface area contributed by atoms with Gasteiger partial charge < -0.3 is 28.4 Å². The first-order valence-corrected chi connectivity index (χ1v) is 14.9. The lowest BCUT2D eigenvalue weighted by Gasteiger charge is -2.09. The van der Waals surface area contributed by atoms with Crippen LogP contribution in [0.3, 0.4) is 0 Å². The summed E-state index contributed by atoms with van der Waals surface area (Å²) >= 11 is 0. The second kappa shape index (κ2) is 16.0. The molecule has 0 bridgehead atoms. The number of carbonyl (C=O) groups is 4. The van der Waals surface area contributed by atoms with Gasteiger partial charge in [0.25, 0.3) is 0 Å². The molecule has 0 saturated heterocycles. The van der Waals surface area contributed by atoms with E-state index in [2.05, 4.69) is 20.6 Å². The number of nitrogens with zero attached hydrogens (tertiary/aromatic N) is 6. The molecule has 50 heavy (non-hydrogen) atoms. The summed E-state index contributed by atoms with van der Waals surface area (Å²) in [6.07, 6.45) is 3.47. The van der Waals surface area contributed by atoms with E-state index < -0.39 is 23.9 Å². The number of hydrogen-bond acceptors (Lipinski definition) is 14. The number of ether oxygens (including phenoxy) is 6. The Bertz CT molecular complexity index is 1790. The largest absolute Gasteiger partial charge is 0.487 e. The van der Waals surface area contributed by atoms with Crippen LogP contribution in [0.25, 0.3) is 0 Å². The van der Waals surface area contributed by atoms with Gasteiger partial charge in [-0.25, -0.2) is 28.5 Å². The maximum atomic E-state index is 12.0. The minimum absolute atomic E-state index is 0.0452. The lowest BCUT2D eigenvalue weighted by Crippen LogP contribution is -2.08. The Morgan fingerprint density at radius 3 is 1.14 bits per heavy atom. The van der Waals surface area contributed by atoms with E-state index in [1.165, 1.54) is 64.8 Å². The maximum Gasteiger partial charge on any atom is 0.338 e. The normalized spacial score (nSPS) is 10.6. The highest BCUT2D eigenvalue weighted by atomic mass is 16.5. The molecule has 0 spiro atoms. The van der Waals surface area contributed by atoms with Crippen LogP contribution in [0.4, 0.5) is 0 Å². The highest BCUT2D eigenvalue weighted by Crippen LogP contribution is 2.22. The standard InChI is InChI=1S/C34H32N6O10/c1-45-31(41)23-9-24(32(42)46-2)12-29(11-23)49-19-27-17-39(37-35-27)15-21-5-7-22(8-6-21)16-40-18-28(36-38-40)20-50-30-13-25(33(43)47-3)10-26(14-30)34(44)48-4/h5-14,17-18H,15-16,19-20H2,1-4H3. The molecule has 0 radical (unpaired) electrons. The van der Waals surface area contributed by atoms with E-state index in [1.807, 2.05) is 24.3 Å². The molecule has 0 saturated carbocycles. The number of aromatic nitrogens is 6. The van der Waals surface area contributed by atoms with Crippen molar-refractivity contribution in [2.75, 3.05) is 28.4 Å². The number of rotatable bonds is 14. The van der Waals surface area contributed by atoms with E-state index >= 15 is 0 Å². The van der Waals surface area contributed by atoms with Crippen molar-refractivity contribution in [3.8, 4) is 11.5 Å². The lowest BCUT2D eigenvalue weighted by atomic mass is 10.1. The average Bonchev–Trinajstić information content (AvgIpc) is 3.81. The predicted octanol–water partition coefficient (Wildman–Crippen LogP) is 3.27. The van der Waals surface area contributed by atoms with Crippen molar-refractivity contribution in [3.63, 3.8) is 0 Å². The summed E-state index contributed by atoms with van der Waals surface area (Å²) < 4.78 is 33.9. The molecule has 2 heterocycles. The van der Waals surface area contributed by atoms with Crippen LogP contribution in [-0.4, -0.2) is 82.3 Å². The highest BCUT2D eigenvalue weighted by molar-refractivity contribution is 5.96. The van der Waals surface area contributed by atoms with Crippen molar-refractivity contribution in [2.45, 2.75) is 26.3 Å². The third kappa shape index (κ3) is 8.85. The zero-order valence-electron chi connectivity index (χ0n) is 27.5. The molecule has 16 heteroatoms. The van der Waals surface area contributed by atoms with Gasteiger partial charge in [0.15, 0.2) is 0 Å². The third-order valence-electron chi connectivity index (χ3n) is 7.16. The third-order valence-corrected chi connectivity index (χ3v) is 7.16. The molecule has 0 atom stereocenters. The molecule has 0 amide bonds. The fourth-order valence-electron chi connectivity index (χ4n) is 4.71. The van der Waals surface area contributed by atoms with Gasteiger partial charge in [0, 0.05) is 0 Å². The molecule has 2 aromatic heterocycles. The molecular formula is C34H32N6O10. The molecule has 0 aliphatic rings. The minimum atomic E-state index is -0.618. The topological polar surface area (TPSA) is 185 Å². The summed E-state index contributed by atoms with van der Waals surface area (Å²) in [5.74, 6) is -1.93. The Labute approximate surface area is 285 Å².